The molecule has 0 N–H and O–H groups in total. The lowest BCUT2D eigenvalue weighted by Gasteiger charge is -2.27. The molecule has 6 nitrogen and oxygen atoms in total. The van der Waals surface area contributed by atoms with Crippen LogP contribution in [0.4, 0.5) is 4.39 Å². The summed E-state index contributed by atoms with van der Waals surface area (Å²) < 4.78 is 28.9. The molecule has 0 spiro atoms. The molecule has 0 aliphatic heterocycles. The summed E-state index contributed by atoms with van der Waals surface area (Å²) in [4.78, 5) is 23.5. The van der Waals surface area contributed by atoms with Crippen molar-refractivity contribution < 1.29 is 28.2 Å². The van der Waals surface area contributed by atoms with Crippen LogP contribution in [0.2, 0.25) is 0 Å². The van der Waals surface area contributed by atoms with Gasteiger partial charge < -0.3 is 14.2 Å². The molecule has 0 saturated carbocycles. The second-order valence-electron chi connectivity index (χ2n) is 5.65. The monoisotopic (exact) mass is 365 g/mol. The molecule has 0 radical (unpaired) electrons. The number of hydrogen-bond donors (Lipinski definition) is 0. The number of ether oxygens (including phenoxy) is 3. The third-order valence-electron chi connectivity index (χ3n) is 4.04. The summed E-state index contributed by atoms with van der Waals surface area (Å²) in [5.41, 5.74) is -0.834. The number of nitrogens with zero attached hydrogens (tertiary/aromatic N) is 1. The Kier molecular flexibility index (Phi) is 8.56. The maximum atomic E-state index is 14.1. The van der Waals surface area contributed by atoms with Crippen LogP contribution >= 0.6 is 0 Å². The van der Waals surface area contributed by atoms with Crippen molar-refractivity contribution in [1.82, 2.24) is 0 Å². The van der Waals surface area contributed by atoms with Crippen LogP contribution in [0.25, 0.3) is 0 Å². The fourth-order valence-corrected chi connectivity index (χ4v) is 2.65. The molecule has 0 amide bonds. The maximum absolute atomic E-state index is 14.1. The minimum atomic E-state index is -1.22. The molecule has 0 unspecified atom stereocenters. The van der Waals surface area contributed by atoms with Crippen molar-refractivity contribution in [3.05, 3.63) is 29.6 Å². The Labute approximate surface area is 152 Å². The summed E-state index contributed by atoms with van der Waals surface area (Å²) in [5, 5.41) is 9.83. The van der Waals surface area contributed by atoms with Crippen molar-refractivity contribution in [3.63, 3.8) is 0 Å². The summed E-state index contributed by atoms with van der Waals surface area (Å²) in [7, 11) is 1.34. The number of esters is 2. The largest absolute Gasteiger partial charge is 0.494 e. The lowest BCUT2D eigenvalue weighted by Crippen LogP contribution is -2.27. The van der Waals surface area contributed by atoms with E-state index in [1.165, 1.54) is 19.2 Å². The zero-order valence-electron chi connectivity index (χ0n) is 15.3. The highest BCUT2D eigenvalue weighted by Gasteiger charge is 2.34. The average molecular weight is 365 g/mol. The minimum Gasteiger partial charge on any atom is -0.494 e. The van der Waals surface area contributed by atoms with E-state index in [4.69, 9.17) is 14.2 Å². The molecule has 0 saturated heterocycles. The van der Waals surface area contributed by atoms with Gasteiger partial charge in [0.2, 0.25) is 0 Å². The van der Waals surface area contributed by atoms with Crippen molar-refractivity contribution in [2.24, 2.45) is 0 Å². The third kappa shape index (κ3) is 5.73. The summed E-state index contributed by atoms with van der Waals surface area (Å²) in [6, 6.07) is 6.37. The van der Waals surface area contributed by atoms with Gasteiger partial charge in [0.05, 0.1) is 31.8 Å². The Hall–Kier alpha value is -2.62. The van der Waals surface area contributed by atoms with Gasteiger partial charge in [-0.3, -0.25) is 9.59 Å². The van der Waals surface area contributed by atoms with Gasteiger partial charge in [-0.1, -0.05) is 6.07 Å². The van der Waals surface area contributed by atoms with Crippen molar-refractivity contribution >= 4 is 11.9 Å². The number of carbonyl (C=O) groups is 2. The van der Waals surface area contributed by atoms with Gasteiger partial charge in [-0.25, -0.2) is 4.39 Å². The number of benzene rings is 1. The summed E-state index contributed by atoms with van der Waals surface area (Å²) in [6.45, 7) is 3.85. The van der Waals surface area contributed by atoms with Crippen molar-refractivity contribution in [3.8, 4) is 11.8 Å². The van der Waals surface area contributed by atoms with Gasteiger partial charge in [0.15, 0.2) is 11.6 Å². The Morgan fingerprint density at radius 3 is 2.04 bits per heavy atom. The lowest BCUT2D eigenvalue weighted by atomic mass is 9.74. The SMILES string of the molecule is CCOC(=O)CCC(C#N)(CCC(=O)OCC)c1ccc(OC)c(F)c1. The fourth-order valence-electron chi connectivity index (χ4n) is 2.65. The first-order valence-electron chi connectivity index (χ1n) is 8.49. The molecular weight excluding hydrogens is 341 g/mol. The molecule has 0 heterocycles. The quantitative estimate of drug-likeness (QED) is 0.592. The molecule has 1 rings (SSSR count). The number of nitriles is 1. The Morgan fingerprint density at radius 1 is 1.12 bits per heavy atom. The molecule has 7 heteroatoms. The number of methoxy groups -OCH3 is 1. The zero-order chi connectivity index (χ0) is 19.6. The summed E-state index contributed by atoms with van der Waals surface area (Å²) in [6.07, 6.45) is 0.177. The van der Waals surface area contributed by atoms with Crippen LogP contribution in [0, 0.1) is 17.1 Å². The first-order valence-corrected chi connectivity index (χ1v) is 8.49. The smallest absolute Gasteiger partial charge is 0.305 e. The molecule has 1 aromatic carbocycles. The second kappa shape index (κ2) is 10.4. The first-order chi connectivity index (χ1) is 12.4. The third-order valence-corrected chi connectivity index (χ3v) is 4.04. The van der Waals surface area contributed by atoms with E-state index < -0.39 is 23.2 Å². The van der Waals surface area contributed by atoms with Crippen LogP contribution in [0.3, 0.4) is 0 Å². The van der Waals surface area contributed by atoms with Crippen molar-refractivity contribution in [2.75, 3.05) is 20.3 Å². The summed E-state index contributed by atoms with van der Waals surface area (Å²) in [5.74, 6) is -1.46. The molecule has 0 bridgehead atoms. The summed E-state index contributed by atoms with van der Waals surface area (Å²) >= 11 is 0. The van der Waals surface area contributed by atoms with Gasteiger partial charge in [-0.2, -0.15) is 5.26 Å². The molecule has 0 aliphatic rings. The fraction of sp³-hybridized carbons (Fsp3) is 0.526. The topological polar surface area (TPSA) is 85.6 Å². The number of halogens is 1. The van der Waals surface area contributed by atoms with E-state index in [1.807, 2.05) is 0 Å². The van der Waals surface area contributed by atoms with Gasteiger partial charge in [-0.05, 0) is 44.4 Å². The van der Waals surface area contributed by atoms with Crippen LogP contribution in [-0.2, 0) is 24.5 Å². The lowest BCUT2D eigenvalue weighted by molar-refractivity contribution is -0.143. The highest BCUT2D eigenvalue weighted by Crippen LogP contribution is 2.36. The second-order valence-corrected chi connectivity index (χ2v) is 5.65. The van der Waals surface area contributed by atoms with E-state index in [9.17, 15) is 19.2 Å². The number of carbonyl (C=O) groups excluding carboxylic acids is 2. The van der Waals surface area contributed by atoms with E-state index in [-0.39, 0.29) is 44.6 Å². The van der Waals surface area contributed by atoms with E-state index in [2.05, 4.69) is 6.07 Å². The Balaban J connectivity index is 3.12. The van der Waals surface area contributed by atoms with E-state index >= 15 is 0 Å². The Morgan fingerprint density at radius 2 is 1.65 bits per heavy atom. The molecule has 0 atom stereocenters. The zero-order valence-corrected chi connectivity index (χ0v) is 15.3. The number of hydrogen-bond acceptors (Lipinski definition) is 6. The normalized spacial score (nSPS) is 10.7. The van der Waals surface area contributed by atoms with Gasteiger partial charge in [0.25, 0.3) is 0 Å². The average Bonchev–Trinajstić information content (AvgIpc) is 2.63. The highest BCUT2D eigenvalue weighted by atomic mass is 19.1. The van der Waals surface area contributed by atoms with Crippen LogP contribution in [0.15, 0.2) is 18.2 Å². The van der Waals surface area contributed by atoms with Crippen LogP contribution in [0.5, 0.6) is 5.75 Å². The molecule has 142 valence electrons. The number of rotatable bonds is 10. The minimum absolute atomic E-state index is 0.0160. The Bertz CT molecular complexity index is 646. The molecule has 0 fully saturated rings. The maximum Gasteiger partial charge on any atom is 0.305 e. The van der Waals surface area contributed by atoms with Crippen LogP contribution in [0.1, 0.15) is 45.1 Å². The standard InChI is InChI=1S/C19H24FNO5/c1-4-25-17(22)8-10-19(13-21,11-9-18(23)26-5-2)14-6-7-16(24-3)15(20)12-14/h6-7,12H,4-5,8-11H2,1-3H3. The van der Waals surface area contributed by atoms with E-state index in [1.54, 1.807) is 19.9 Å². The van der Waals surface area contributed by atoms with Gasteiger partial charge in [0, 0.05) is 12.8 Å². The molecule has 0 aliphatic carbocycles. The van der Waals surface area contributed by atoms with E-state index in [0.717, 1.165) is 0 Å². The van der Waals surface area contributed by atoms with Crippen LogP contribution < -0.4 is 4.74 Å². The van der Waals surface area contributed by atoms with Gasteiger partial charge in [-0.15, -0.1) is 0 Å². The first kappa shape index (κ1) is 21.4. The van der Waals surface area contributed by atoms with Gasteiger partial charge >= 0.3 is 11.9 Å². The predicted molar refractivity (Wildman–Crippen MR) is 92.0 cm³/mol. The molecule has 1 aromatic rings. The van der Waals surface area contributed by atoms with Gasteiger partial charge in [0.1, 0.15) is 0 Å². The molecule has 26 heavy (non-hydrogen) atoms. The highest BCUT2D eigenvalue weighted by molar-refractivity contribution is 5.70. The predicted octanol–water partition coefficient (Wildman–Crippen LogP) is 3.28. The van der Waals surface area contributed by atoms with Crippen molar-refractivity contribution in [2.45, 2.75) is 44.9 Å². The van der Waals surface area contributed by atoms with Crippen LogP contribution in [-0.4, -0.2) is 32.3 Å². The molecule has 0 aromatic heterocycles. The molecular formula is C19H24FNO5. The van der Waals surface area contributed by atoms with Crippen molar-refractivity contribution in [1.29, 1.82) is 5.26 Å². The van der Waals surface area contributed by atoms with E-state index in [0.29, 0.717) is 5.56 Å².